The van der Waals surface area contributed by atoms with Crippen LogP contribution < -0.4 is 24.0 Å². The normalized spacial score (nSPS) is 12.5. The molecule has 0 aromatic heterocycles. The number of halogens is 1. The number of hydrogen-bond acceptors (Lipinski definition) is 1. The Morgan fingerprint density at radius 3 is 1.50 bits per heavy atom. The first-order chi connectivity index (χ1) is 4.83. The van der Waals surface area contributed by atoms with E-state index in [0.717, 1.165) is 23.9 Å². The Hall–Kier alpha value is 0.650. The number of likely N-dealkylation sites (N-methyl/N-ethyl adjacent to an activating group) is 1. The fourth-order valence-corrected chi connectivity index (χ4v) is 1.36. The summed E-state index contributed by atoms with van der Waals surface area (Å²) in [5.74, 6) is 0. The number of hydrogen-bond donors (Lipinski definition) is 1. The van der Waals surface area contributed by atoms with Gasteiger partial charge >= 0.3 is 0 Å². The van der Waals surface area contributed by atoms with E-state index in [9.17, 15) is 5.11 Å². The van der Waals surface area contributed by atoms with E-state index in [0.29, 0.717) is 0 Å². The van der Waals surface area contributed by atoms with E-state index in [1.807, 2.05) is 13.8 Å². The van der Waals surface area contributed by atoms with Crippen molar-refractivity contribution < 1.29 is 33.6 Å². The lowest BCUT2D eigenvalue weighted by Gasteiger charge is -2.34. The maximum absolute atomic E-state index is 9.95. The van der Waals surface area contributed by atoms with E-state index in [-0.39, 0.29) is 24.0 Å². The average Bonchev–Trinajstić information content (AvgIpc) is 1.84. The second-order valence-corrected chi connectivity index (χ2v) is 4.38. The Balaban J connectivity index is 0. The van der Waals surface area contributed by atoms with Crippen molar-refractivity contribution in [1.82, 2.24) is 0 Å². The standard InChI is InChI=1S/C9H22NO.HI/c1-6-9(11,7-2)8-10(3,4)5;/h11H,6-8H2,1-5H3;1H/q+1;/p-1. The molecular weight excluding hydrogens is 265 g/mol. The summed E-state index contributed by atoms with van der Waals surface area (Å²) in [5, 5.41) is 9.95. The van der Waals surface area contributed by atoms with Gasteiger partial charge in [0, 0.05) is 0 Å². The molecular formula is C9H22INO. The molecule has 12 heavy (non-hydrogen) atoms. The fourth-order valence-electron chi connectivity index (χ4n) is 1.36. The Kier molecular flexibility index (Phi) is 6.81. The third kappa shape index (κ3) is 6.20. The van der Waals surface area contributed by atoms with E-state index < -0.39 is 5.60 Å². The zero-order chi connectivity index (χ0) is 9.12. The predicted octanol–water partition coefficient (Wildman–Crippen LogP) is -1.75. The summed E-state index contributed by atoms with van der Waals surface area (Å²) in [6, 6.07) is 0. The van der Waals surface area contributed by atoms with Crippen LogP contribution in [0.1, 0.15) is 26.7 Å². The maximum atomic E-state index is 9.95. The Labute approximate surface area is 93.6 Å². The fraction of sp³-hybridized carbons (Fsp3) is 1.00. The van der Waals surface area contributed by atoms with Gasteiger partial charge in [0.1, 0.15) is 12.1 Å². The lowest BCUT2D eigenvalue weighted by atomic mass is 9.96. The predicted molar refractivity (Wildman–Crippen MR) is 48.4 cm³/mol. The molecule has 0 amide bonds. The van der Waals surface area contributed by atoms with Crippen LogP contribution >= 0.6 is 0 Å². The van der Waals surface area contributed by atoms with Crippen LogP contribution in [0, 0.1) is 0 Å². The minimum absolute atomic E-state index is 0. The second kappa shape index (κ2) is 5.40. The third-order valence-electron chi connectivity index (χ3n) is 2.08. The van der Waals surface area contributed by atoms with Crippen LogP contribution in [0.3, 0.4) is 0 Å². The number of aliphatic hydroxyl groups is 1. The van der Waals surface area contributed by atoms with Crippen LogP contribution in [0.2, 0.25) is 0 Å². The summed E-state index contributed by atoms with van der Waals surface area (Å²) < 4.78 is 0.832. The highest BCUT2D eigenvalue weighted by molar-refractivity contribution is 4.73. The summed E-state index contributed by atoms with van der Waals surface area (Å²) in [7, 11) is 6.32. The molecule has 0 unspecified atom stereocenters. The molecule has 2 nitrogen and oxygen atoms in total. The highest BCUT2D eigenvalue weighted by Crippen LogP contribution is 2.17. The molecule has 0 aliphatic carbocycles. The Morgan fingerprint density at radius 1 is 1.08 bits per heavy atom. The summed E-state index contributed by atoms with van der Waals surface area (Å²) in [6.45, 7) is 4.92. The molecule has 0 aliphatic heterocycles. The molecule has 0 aliphatic rings. The van der Waals surface area contributed by atoms with Gasteiger partial charge in [-0.15, -0.1) is 0 Å². The van der Waals surface area contributed by atoms with Crippen molar-refractivity contribution in [1.29, 1.82) is 0 Å². The zero-order valence-electron chi connectivity index (χ0n) is 8.89. The van der Waals surface area contributed by atoms with Crippen LogP contribution in [0.4, 0.5) is 0 Å². The Bertz CT molecular complexity index is 116. The van der Waals surface area contributed by atoms with E-state index in [4.69, 9.17) is 0 Å². The van der Waals surface area contributed by atoms with Crippen LogP contribution in [0.25, 0.3) is 0 Å². The second-order valence-electron chi connectivity index (χ2n) is 4.38. The molecule has 0 rings (SSSR count). The van der Waals surface area contributed by atoms with Gasteiger partial charge in [-0.1, -0.05) is 13.8 Å². The summed E-state index contributed by atoms with van der Waals surface area (Å²) >= 11 is 0. The highest BCUT2D eigenvalue weighted by Gasteiger charge is 2.29. The summed E-state index contributed by atoms with van der Waals surface area (Å²) in [6.07, 6.45) is 1.69. The van der Waals surface area contributed by atoms with E-state index in [1.54, 1.807) is 0 Å². The lowest BCUT2D eigenvalue weighted by molar-refractivity contribution is -0.877. The van der Waals surface area contributed by atoms with Crippen molar-refractivity contribution in [3.8, 4) is 0 Å². The van der Waals surface area contributed by atoms with Gasteiger partial charge in [-0.25, -0.2) is 0 Å². The largest absolute Gasteiger partial charge is 1.00 e. The first kappa shape index (κ1) is 15.1. The molecule has 0 saturated carbocycles. The number of quaternary nitrogens is 1. The topological polar surface area (TPSA) is 20.2 Å². The van der Waals surface area contributed by atoms with E-state index in [2.05, 4.69) is 21.1 Å². The SMILES string of the molecule is CCC(O)(CC)C[N+](C)(C)C.[I-]. The lowest BCUT2D eigenvalue weighted by Crippen LogP contribution is -3.00. The molecule has 0 heterocycles. The van der Waals surface area contributed by atoms with Crippen molar-refractivity contribution in [2.75, 3.05) is 27.7 Å². The van der Waals surface area contributed by atoms with Gasteiger partial charge in [0.25, 0.3) is 0 Å². The first-order valence-corrected chi connectivity index (χ1v) is 4.36. The first-order valence-electron chi connectivity index (χ1n) is 4.36. The van der Waals surface area contributed by atoms with Gasteiger partial charge in [0.15, 0.2) is 0 Å². The van der Waals surface area contributed by atoms with Crippen LogP contribution in [-0.2, 0) is 0 Å². The monoisotopic (exact) mass is 287 g/mol. The van der Waals surface area contributed by atoms with Gasteiger partial charge in [-0.2, -0.15) is 0 Å². The van der Waals surface area contributed by atoms with Gasteiger partial charge in [0.05, 0.1) is 21.1 Å². The van der Waals surface area contributed by atoms with Gasteiger partial charge in [-0.05, 0) is 12.8 Å². The quantitative estimate of drug-likeness (QED) is 0.480. The van der Waals surface area contributed by atoms with Crippen molar-refractivity contribution in [2.24, 2.45) is 0 Å². The van der Waals surface area contributed by atoms with Crippen LogP contribution in [-0.4, -0.2) is 42.9 Å². The molecule has 0 atom stereocenters. The molecule has 76 valence electrons. The number of rotatable bonds is 4. The van der Waals surface area contributed by atoms with E-state index >= 15 is 0 Å². The molecule has 0 bridgehead atoms. The van der Waals surface area contributed by atoms with Gasteiger partial charge < -0.3 is 33.6 Å². The molecule has 0 fully saturated rings. The minimum atomic E-state index is -0.460. The maximum Gasteiger partial charge on any atom is 0.113 e. The third-order valence-corrected chi connectivity index (χ3v) is 2.08. The smallest absolute Gasteiger partial charge is 0.113 e. The average molecular weight is 287 g/mol. The summed E-state index contributed by atoms with van der Waals surface area (Å²) in [4.78, 5) is 0. The molecule has 0 aromatic carbocycles. The zero-order valence-corrected chi connectivity index (χ0v) is 11.1. The van der Waals surface area contributed by atoms with Gasteiger partial charge in [0.2, 0.25) is 0 Å². The molecule has 1 N–H and O–H groups in total. The minimum Gasteiger partial charge on any atom is -1.00 e. The molecule has 0 aromatic rings. The van der Waals surface area contributed by atoms with E-state index in [1.165, 1.54) is 0 Å². The molecule has 3 heteroatoms. The Morgan fingerprint density at radius 2 is 1.42 bits per heavy atom. The molecule has 0 radical (unpaired) electrons. The van der Waals surface area contributed by atoms with Gasteiger partial charge in [-0.3, -0.25) is 0 Å². The highest BCUT2D eigenvalue weighted by atomic mass is 127. The van der Waals surface area contributed by atoms with Crippen molar-refractivity contribution in [3.05, 3.63) is 0 Å². The van der Waals surface area contributed by atoms with Crippen molar-refractivity contribution >= 4 is 0 Å². The molecule has 0 spiro atoms. The van der Waals surface area contributed by atoms with Crippen molar-refractivity contribution in [3.63, 3.8) is 0 Å². The summed E-state index contributed by atoms with van der Waals surface area (Å²) in [5.41, 5.74) is -0.460. The number of nitrogens with zero attached hydrogens (tertiary/aromatic N) is 1. The van der Waals surface area contributed by atoms with Crippen LogP contribution in [0.5, 0.6) is 0 Å². The van der Waals surface area contributed by atoms with Crippen molar-refractivity contribution in [2.45, 2.75) is 32.3 Å². The molecule has 0 saturated heterocycles. The van der Waals surface area contributed by atoms with Crippen LogP contribution in [0.15, 0.2) is 0 Å².